The minimum atomic E-state index is -4.14. The van der Waals surface area contributed by atoms with Gasteiger partial charge < -0.3 is 24.1 Å². The van der Waals surface area contributed by atoms with Crippen LogP contribution in [0, 0.1) is 13.8 Å². The molecule has 0 fully saturated rings. The number of hydrogen-bond donors (Lipinski definition) is 1. The van der Waals surface area contributed by atoms with Gasteiger partial charge in [-0.15, -0.1) is 0 Å². The molecular formula is C24H26N2O7S. The normalized spacial score (nSPS) is 11.1. The van der Waals surface area contributed by atoms with Gasteiger partial charge in [0.1, 0.15) is 28.7 Å². The van der Waals surface area contributed by atoms with Crippen LogP contribution in [-0.2, 0) is 21.2 Å². The zero-order chi connectivity index (χ0) is 25.0. The number of anilines is 1. The van der Waals surface area contributed by atoms with Crippen LogP contribution in [-0.4, -0.2) is 40.2 Å². The van der Waals surface area contributed by atoms with Crippen LogP contribution >= 0.6 is 0 Å². The van der Waals surface area contributed by atoms with Crippen LogP contribution in [0.15, 0.2) is 63.1 Å². The lowest BCUT2D eigenvalue weighted by atomic mass is 10.2. The van der Waals surface area contributed by atoms with Crippen LogP contribution in [0.2, 0.25) is 0 Å². The number of amides is 1. The fourth-order valence-corrected chi connectivity index (χ4v) is 5.10. The Morgan fingerprint density at radius 3 is 2.12 bits per heavy atom. The third-order valence-corrected chi connectivity index (χ3v) is 7.20. The van der Waals surface area contributed by atoms with E-state index in [0.29, 0.717) is 34.2 Å². The highest BCUT2D eigenvalue weighted by atomic mass is 32.2. The summed E-state index contributed by atoms with van der Waals surface area (Å²) in [5.74, 6) is 0.868. The van der Waals surface area contributed by atoms with Crippen molar-refractivity contribution in [1.82, 2.24) is 4.57 Å². The number of hydrogen-bond acceptors (Lipinski definition) is 7. The fraction of sp³-hybridized carbons (Fsp3) is 0.250. The van der Waals surface area contributed by atoms with E-state index >= 15 is 0 Å². The summed E-state index contributed by atoms with van der Waals surface area (Å²) in [7, 11) is 0.289. The second kappa shape index (κ2) is 10.0. The van der Waals surface area contributed by atoms with Crippen molar-refractivity contribution in [3.63, 3.8) is 0 Å². The van der Waals surface area contributed by atoms with Crippen LogP contribution in [0.5, 0.6) is 17.2 Å². The van der Waals surface area contributed by atoms with Crippen molar-refractivity contribution in [2.24, 2.45) is 0 Å². The molecule has 180 valence electrons. The average molecular weight is 487 g/mol. The summed E-state index contributed by atoms with van der Waals surface area (Å²) in [5.41, 5.74) is 0.324. The molecule has 1 N–H and O–H groups in total. The summed E-state index contributed by atoms with van der Waals surface area (Å²) in [6, 6.07) is 12.2. The van der Waals surface area contributed by atoms with Gasteiger partial charge in [0.05, 0.1) is 31.9 Å². The summed E-state index contributed by atoms with van der Waals surface area (Å²) in [4.78, 5) is 25.7. The van der Waals surface area contributed by atoms with E-state index in [1.807, 2.05) is 0 Å². The molecule has 0 saturated heterocycles. The molecule has 0 bridgehead atoms. The van der Waals surface area contributed by atoms with Gasteiger partial charge in [-0.2, -0.15) is 0 Å². The molecule has 1 aromatic heterocycles. The molecule has 0 spiro atoms. The number of pyridine rings is 1. The highest BCUT2D eigenvalue weighted by Gasteiger charge is 2.26. The third-order valence-electron chi connectivity index (χ3n) is 5.27. The van der Waals surface area contributed by atoms with Crippen LogP contribution in [0.3, 0.4) is 0 Å². The summed E-state index contributed by atoms with van der Waals surface area (Å²) in [6.45, 7) is 2.80. The molecule has 0 aliphatic heterocycles. The van der Waals surface area contributed by atoms with E-state index in [9.17, 15) is 18.0 Å². The Morgan fingerprint density at radius 2 is 1.53 bits per heavy atom. The van der Waals surface area contributed by atoms with Gasteiger partial charge in [-0.05, 0) is 61.9 Å². The van der Waals surface area contributed by atoms with Gasteiger partial charge in [-0.25, -0.2) is 8.42 Å². The van der Waals surface area contributed by atoms with Crippen molar-refractivity contribution in [2.45, 2.75) is 30.2 Å². The summed E-state index contributed by atoms with van der Waals surface area (Å²) in [6.07, 6.45) is 0. The second-order valence-corrected chi connectivity index (χ2v) is 9.37. The van der Waals surface area contributed by atoms with Crippen molar-refractivity contribution in [3.8, 4) is 17.2 Å². The Kier molecular flexibility index (Phi) is 7.31. The molecule has 3 rings (SSSR count). The smallest absolute Gasteiger partial charge is 0.270 e. The van der Waals surface area contributed by atoms with E-state index in [4.69, 9.17) is 14.2 Å². The predicted molar refractivity (Wildman–Crippen MR) is 127 cm³/mol. The topological polar surface area (TPSA) is 113 Å². The first kappa shape index (κ1) is 24.8. The SMILES string of the molecule is COc1ccc(S(=O)(=O)c2c(C)cc(C)n(CC(=O)Nc3cc(OC)ccc3OC)c2=O)cc1. The highest BCUT2D eigenvalue weighted by Crippen LogP contribution is 2.29. The maximum Gasteiger partial charge on any atom is 0.270 e. The van der Waals surface area contributed by atoms with E-state index in [-0.39, 0.29) is 9.79 Å². The van der Waals surface area contributed by atoms with Gasteiger partial charge in [0, 0.05) is 11.8 Å². The van der Waals surface area contributed by atoms with E-state index in [0.717, 1.165) is 4.57 Å². The first-order valence-electron chi connectivity index (χ1n) is 10.2. The van der Waals surface area contributed by atoms with Gasteiger partial charge in [0.2, 0.25) is 15.7 Å². The molecule has 0 unspecified atom stereocenters. The number of aromatic nitrogens is 1. The molecule has 0 saturated carbocycles. The minimum absolute atomic E-state index is 0.0468. The number of aryl methyl sites for hydroxylation is 2. The van der Waals surface area contributed by atoms with E-state index in [1.165, 1.54) is 45.6 Å². The molecular weight excluding hydrogens is 460 g/mol. The summed E-state index contributed by atoms with van der Waals surface area (Å²) < 4.78 is 43.2. The molecule has 0 aliphatic rings. The average Bonchev–Trinajstić information content (AvgIpc) is 2.81. The van der Waals surface area contributed by atoms with Crippen LogP contribution in [0.1, 0.15) is 11.3 Å². The van der Waals surface area contributed by atoms with Gasteiger partial charge in [0.15, 0.2) is 0 Å². The number of nitrogens with zero attached hydrogens (tertiary/aromatic N) is 1. The number of ether oxygens (including phenoxy) is 3. The van der Waals surface area contributed by atoms with E-state index in [2.05, 4.69) is 5.32 Å². The lowest BCUT2D eigenvalue weighted by Crippen LogP contribution is -2.33. The molecule has 1 amide bonds. The number of sulfone groups is 1. The molecule has 2 aromatic carbocycles. The number of carbonyl (C=O) groups is 1. The molecule has 3 aromatic rings. The standard InChI is InChI=1S/C24H26N2O7S/c1-15-12-16(2)26(14-22(27)25-20-13-18(32-4)8-11-21(20)33-5)24(28)23(15)34(29,30)19-9-6-17(31-3)7-10-19/h6-13H,14H2,1-5H3,(H,25,27). The monoisotopic (exact) mass is 486 g/mol. The fourth-order valence-electron chi connectivity index (χ4n) is 3.55. The minimum Gasteiger partial charge on any atom is -0.497 e. The molecule has 10 heteroatoms. The van der Waals surface area contributed by atoms with Crippen molar-refractivity contribution < 1.29 is 27.4 Å². The lowest BCUT2D eigenvalue weighted by Gasteiger charge is -2.16. The zero-order valence-corrected chi connectivity index (χ0v) is 20.4. The van der Waals surface area contributed by atoms with Crippen LogP contribution in [0.4, 0.5) is 5.69 Å². The molecule has 0 aliphatic carbocycles. The third kappa shape index (κ3) is 4.91. The summed E-state index contributed by atoms with van der Waals surface area (Å²) in [5, 5.41) is 2.69. The van der Waals surface area contributed by atoms with E-state index < -0.39 is 27.8 Å². The van der Waals surface area contributed by atoms with Crippen molar-refractivity contribution in [2.75, 3.05) is 26.6 Å². The zero-order valence-electron chi connectivity index (χ0n) is 19.5. The number of benzene rings is 2. The van der Waals surface area contributed by atoms with Crippen LogP contribution in [0.25, 0.3) is 0 Å². The Hall–Kier alpha value is -3.79. The van der Waals surface area contributed by atoms with E-state index in [1.54, 1.807) is 38.1 Å². The van der Waals surface area contributed by atoms with Gasteiger partial charge >= 0.3 is 0 Å². The van der Waals surface area contributed by atoms with Gasteiger partial charge in [0.25, 0.3) is 5.56 Å². The maximum absolute atomic E-state index is 13.3. The largest absolute Gasteiger partial charge is 0.497 e. The van der Waals surface area contributed by atoms with Gasteiger partial charge in [-0.3, -0.25) is 9.59 Å². The Balaban J connectivity index is 1.99. The van der Waals surface area contributed by atoms with Crippen molar-refractivity contribution in [1.29, 1.82) is 0 Å². The number of methoxy groups -OCH3 is 3. The summed E-state index contributed by atoms with van der Waals surface area (Å²) >= 11 is 0. The van der Waals surface area contributed by atoms with Gasteiger partial charge in [-0.1, -0.05) is 0 Å². The lowest BCUT2D eigenvalue weighted by molar-refractivity contribution is -0.116. The molecule has 0 atom stereocenters. The van der Waals surface area contributed by atoms with Crippen molar-refractivity contribution >= 4 is 21.4 Å². The number of rotatable bonds is 8. The molecule has 1 heterocycles. The molecule has 0 radical (unpaired) electrons. The Morgan fingerprint density at radius 1 is 0.912 bits per heavy atom. The van der Waals surface area contributed by atoms with Crippen molar-refractivity contribution in [3.05, 3.63) is 70.1 Å². The Bertz CT molecular complexity index is 1380. The quantitative estimate of drug-likeness (QED) is 0.521. The predicted octanol–water partition coefficient (Wildman–Crippen LogP) is 2.96. The highest BCUT2D eigenvalue weighted by molar-refractivity contribution is 7.91. The molecule has 34 heavy (non-hydrogen) atoms. The first-order chi connectivity index (χ1) is 16.1. The Labute approximate surface area is 197 Å². The number of nitrogens with one attached hydrogen (secondary N) is 1. The molecule has 9 nitrogen and oxygen atoms in total. The number of carbonyl (C=O) groups excluding carboxylic acids is 1. The maximum atomic E-state index is 13.3. The first-order valence-corrected chi connectivity index (χ1v) is 11.7. The van der Waals surface area contributed by atoms with Crippen LogP contribution < -0.4 is 25.1 Å². The second-order valence-electron chi connectivity index (χ2n) is 7.48.